The van der Waals surface area contributed by atoms with Crippen LogP contribution in [-0.4, -0.2) is 25.5 Å². The molecule has 0 atom stereocenters. The van der Waals surface area contributed by atoms with Crippen LogP contribution in [0.5, 0.6) is 17.5 Å². The van der Waals surface area contributed by atoms with E-state index in [0.29, 0.717) is 28.6 Å². The second-order valence-corrected chi connectivity index (χ2v) is 7.89. The second-order valence-electron chi connectivity index (χ2n) is 6.20. The maximum absolute atomic E-state index is 12.8. The predicted molar refractivity (Wildman–Crippen MR) is 107 cm³/mol. The van der Waals surface area contributed by atoms with E-state index in [2.05, 4.69) is 14.7 Å². The topological polar surface area (TPSA) is 90.4 Å². The second kappa shape index (κ2) is 7.85. The van der Waals surface area contributed by atoms with E-state index in [0.717, 1.165) is 5.56 Å². The van der Waals surface area contributed by atoms with Crippen molar-refractivity contribution in [3.8, 4) is 17.5 Å². The molecule has 0 saturated carbocycles. The van der Waals surface area contributed by atoms with Crippen LogP contribution in [0.25, 0.3) is 0 Å². The van der Waals surface area contributed by atoms with E-state index in [1.54, 1.807) is 45.0 Å². The first kappa shape index (κ1) is 19.6. The third kappa shape index (κ3) is 4.23. The predicted octanol–water partition coefficient (Wildman–Crippen LogP) is 4.00. The first-order valence-electron chi connectivity index (χ1n) is 8.56. The van der Waals surface area contributed by atoms with Crippen molar-refractivity contribution in [3.63, 3.8) is 0 Å². The number of methoxy groups -OCH3 is 1. The van der Waals surface area contributed by atoms with Crippen LogP contribution < -0.4 is 14.2 Å². The summed E-state index contributed by atoms with van der Waals surface area (Å²) in [6.07, 6.45) is 0. The fraction of sp³-hybridized carbons (Fsp3) is 0.200. The van der Waals surface area contributed by atoms with Crippen molar-refractivity contribution in [3.05, 3.63) is 65.5 Å². The average Bonchev–Trinajstić information content (AvgIpc) is 2.65. The van der Waals surface area contributed by atoms with Gasteiger partial charge in [0.1, 0.15) is 11.5 Å². The lowest BCUT2D eigenvalue weighted by Gasteiger charge is -2.14. The molecule has 0 fully saturated rings. The number of ether oxygens (including phenoxy) is 2. The molecule has 0 unspecified atom stereocenters. The van der Waals surface area contributed by atoms with Gasteiger partial charge in [-0.05, 0) is 56.7 Å². The Bertz CT molecular complexity index is 1080. The molecule has 0 radical (unpaired) electrons. The zero-order valence-corrected chi connectivity index (χ0v) is 16.9. The number of para-hydroxylation sites is 1. The molecule has 0 amide bonds. The van der Waals surface area contributed by atoms with Gasteiger partial charge in [0.2, 0.25) is 0 Å². The number of aryl methyl sites for hydroxylation is 3. The zero-order valence-electron chi connectivity index (χ0n) is 16.1. The summed E-state index contributed by atoms with van der Waals surface area (Å²) >= 11 is 0. The number of aromatic nitrogens is 2. The van der Waals surface area contributed by atoms with Gasteiger partial charge in [0.05, 0.1) is 29.1 Å². The zero-order chi connectivity index (χ0) is 20.3. The molecule has 0 bridgehead atoms. The summed E-state index contributed by atoms with van der Waals surface area (Å²) in [5.41, 5.74) is 1.98. The number of rotatable bonds is 6. The number of nitrogens with one attached hydrogen (secondary N) is 1. The Morgan fingerprint density at radius 1 is 0.929 bits per heavy atom. The van der Waals surface area contributed by atoms with Crippen molar-refractivity contribution in [1.82, 2.24) is 9.97 Å². The highest BCUT2D eigenvalue weighted by Gasteiger charge is 2.20. The van der Waals surface area contributed by atoms with Crippen LogP contribution in [0.1, 0.15) is 17.0 Å². The van der Waals surface area contributed by atoms with Gasteiger partial charge in [0.15, 0.2) is 0 Å². The van der Waals surface area contributed by atoms with Crippen molar-refractivity contribution in [1.29, 1.82) is 0 Å². The number of nitrogens with zero attached hydrogens (tertiary/aromatic N) is 2. The molecule has 3 rings (SSSR count). The van der Waals surface area contributed by atoms with Crippen LogP contribution in [0, 0.1) is 20.8 Å². The summed E-state index contributed by atoms with van der Waals surface area (Å²) in [5, 5.41) is 0. The van der Waals surface area contributed by atoms with Gasteiger partial charge < -0.3 is 9.47 Å². The molecule has 0 saturated heterocycles. The third-order valence-electron chi connectivity index (χ3n) is 4.12. The minimum atomic E-state index is -3.80. The minimum absolute atomic E-state index is 0.134. The lowest BCUT2D eigenvalue weighted by atomic mass is 10.2. The van der Waals surface area contributed by atoms with Gasteiger partial charge >= 0.3 is 6.01 Å². The van der Waals surface area contributed by atoms with Crippen LogP contribution >= 0.6 is 0 Å². The van der Waals surface area contributed by atoms with Gasteiger partial charge in [-0.2, -0.15) is 9.97 Å². The van der Waals surface area contributed by atoms with Crippen molar-refractivity contribution in [2.75, 3.05) is 11.8 Å². The molecule has 1 N–H and O–H groups in total. The van der Waals surface area contributed by atoms with E-state index in [-0.39, 0.29) is 10.9 Å². The molecule has 0 aliphatic carbocycles. The fourth-order valence-electron chi connectivity index (χ4n) is 2.68. The van der Waals surface area contributed by atoms with Crippen molar-refractivity contribution >= 4 is 15.7 Å². The quantitative estimate of drug-likeness (QED) is 0.674. The molecular formula is C20H21N3O4S. The number of sulfonamides is 1. The standard InChI is InChI=1S/C20H21N3O4S/c1-13-12-17(10-11-18(13)26-4)28(24,25)23-19-14(2)21-20(22-15(19)3)27-16-8-6-5-7-9-16/h5-12,23H,1-4H3. The van der Waals surface area contributed by atoms with Gasteiger partial charge in [-0.25, -0.2) is 8.42 Å². The number of benzene rings is 2. The molecular weight excluding hydrogens is 378 g/mol. The van der Waals surface area contributed by atoms with E-state index in [9.17, 15) is 8.42 Å². The smallest absolute Gasteiger partial charge is 0.322 e. The first-order valence-corrected chi connectivity index (χ1v) is 10.0. The molecule has 0 aliphatic rings. The average molecular weight is 399 g/mol. The fourth-order valence-corrected chi connectivity index (χ4v) is 3.95. The van der Waals surface area contributed by atoms with Crippen LogP contribution in [0.15, 0.2) is 53.4 Å². The summed E-state index contributed by atoms with van der Waals surface area (Å²) in [6, 6.07) is 14.0. The molecule has 1 heterocycles. The van der Waals surface area contributed by atoms with Gasteiger partial charge in [0.25, 0.3) is 10.0 Å². The Morgan fingerprint density at radius 2 is 1.57 bits per heavy atom. The Kier molecular flexibility index (Phi) is 5.51. The minimum Gasteiger partial charge on any atom is -0.496 e. The van der Waals surface area contributed by atoms with Crippen LogP contribution in [0.2, 0.25) is 0 Å². The van der Waals surface area contributed by atoms with Gasteiger partial charge in [-0.1, -0.05) is 18.2 Å². The third-order valence-corrected chi connectivity index (χ3v) is 5.46. The molecule has 1 aromatic heterocycles. The van der Waals surface area contributed by atoms with Crippen LogP contribution in [-0.2, 0) is 10.0 Å². The van der Waals surface area contributed by atoms with E-state index >= 15 is 0 Å². The van der Waals surface area contributed by atoms with Crippen molar-refractivity contribution in [2.24, 2.45) is 0 Å². The van der Waals surface area contributed by atoms with Crippen LogP contribution in [0.4, 0.5) is 5.69 Å². The molecule has 3 aromatic rings. The summed E-state index contributed by atoms with van der Waals surface area (Å²) in [7, 11) is -2.26. The highest BCUT2D eigenvalue weighted by atomic mass is 32.2. The molecule has 0 aliphatic heterocycles. The number of anilines is 1. The Morgan fingerprint density at radius 3 is 2.14 bits per heavy atom. The lowest BCUT2D eigenvalue weighted by Crippen LogP contribution is -2.16. The maximum Gasteiger partial charge on any atom is 0.322 e. The van der Waals surface area contributed by atoms with Gasteiger partial charge in [-0.15, -0.1) is 0 Å². The molecule has 2 aromatic carbocycles. The Hall–Kier alpha value is -3.13. The lowest BCUT2D eigenvalue weighted by molar-refractivity contribution is 0.411. The SMILES string of the molecule is COc1ccc(S(=O)(=O)Nc2c(C)nc(Oc3ccccc3)nc2C)cc1C. The molecule has 28 heavy (non-hydrogen) atoms. The van der Waals surface area contributed by atoms with Gasteiger partial charge in [-0.3, -0.25) is 4.72 Å². The summed E-state index contributed by atoms with van der Waals surface area (Å²) < 4.78 is 39.0. The summed E-state index contributed by atoms with van der Waals surface area (Å²) in [5.74, 6) is 1.22. The van der Waals surface area contributed by atoms with E-state index in [1.165, 1.54) is 13.2 Å². The van der Waals surface area contributed by atoms with Crippen molar-refractivity contribution in [2.45, 2.75) is 25.7 Å². The normalized spacial score (nSPS) is 11.1. The number of hydrogen-bond acceptors (Lipinski definition) is 6. The molecule has 7 nitrogen and oxygen atoms in total. The Labute approximate surface area is 164 Å². The van der Waals surface area contributed by atoms with E-state index < -0.39 is 10.0 Å². The number of hydrogen-bond donors (Lipinski definition) is 1. The Balaban J connectivity index is 1.88. The molecule has 8 heteroatoms. The first-order chi connectivity index (χ1) is 13.3. The van der Waals surface area contributed by atoms with E-state index in [1.807, 2.05) is 18.2 Å². The van der Waals surface area contributed by atoms with Crippen molar-refractivity contribution < 1.29 is 17.9 Å². The summed E-state index contributed by atoms with van der Waals surface area (Å²) in [4.78, 5) is 8.68. The molecule has 146 valence electrons. The van der Waals surface area contributed by atoms with Crippen LogP contribution in [0.3, 0.4) is 0 Å². The largest absolute Gasteiger partial charge is 0.496 e. The highest BCUT2D eigenvalue weighted by molar-refractivity contribution is 7.92. The van der Waals surface area contributed by atoms with E-state index in [4.69, 9.17) is 9.47 Å². The monoisotopic (exact) mass is 399 g/mol. The maximum atomic E-state index is 12.8. The summed E-state index contributed by atoms with van der Waals surface area (Å²) in [6.45, 7) is 5.18. The molecule has 0 spiro atoms. The highest BCUT2D eigenvalue weighted by Crippen LogP contribution is 2.27. The van der Waals surface area contributed by atoms with Gasteiger partial charge in [0, 0.05) is 0 Å².